The molecule has 2 bridgehead atoms. The molecule has 3 aliphatic rings. The van der Waals surface area contributed by atoms with Crippen LogP contribution in [0.3, 0.4) is 0 Å². The number of aromatic nitrogens is 1. The second-order valence-electron chi connectivity index (χ2n) is 5.30. The van der Waals surface area contributed by atoms with Crippen molar-refractivity contribution in [1.82, 2.24) is 20.1 Å². The molecule has 3 fully saturated rings. The van der Waals surface area contributed by atoms with E-state index in [2.05, 4.69) is 20.1 Å². The van der Waals surface area contributed by atoms with Gasteiger partial charge in [-0.15, -0.1) is 0 Å². The number of nitrogens with zero attached hydrogens (tertiary/aromatic N) is 3. The average molecular weight is 282 g/mol. The van der Waals surface area contributed by atoms with E-state index < -0.39 is 0 Å². The van der Waals surface area contributed by atoms with Gasteiger partial charge < -0.3 is 11.1 Å². The summed E-state index contributed by atoms with van der Waals surface area (Å²) in [6.45, 7) is 5.71. The van der Waals surface area contributed by atoms with Crippen molar-refractivity contribution < 1.29 is 0 Å². The zero-order valence-corrected chi connectivity index (χ0v) is 11.9. The second kappa shape index (κ2) is 5.25. The Balaban J connectivity index is 1.90. The molecule has 0 spiro atoms. The number of pyridine rings is 1. The first-order valence-corrected chi connectivity index (χ1v) is 7.11. The van der Waals surface area contributed by atoms with E-state index in [-0.39, 0.29) is 6.04 Å². The maximum Gasteiger partial charge on any atom is 0.128 e. The summed E-state index contributed by atoms with van der Waals surface area (Å²) in [5, 5.41) is 4.03. The summed E-state index contributed by atoms with van der Waals surface area (Å²) in [6.07, 6.45) is 1.60. The molecule has 3 N–H and O–H groups in total. The molecule has 3 aliphatic heterocycles. The van der Waals surface area contributed by atoms with Crippen LogP contribution in [0.25, 0.3) is 0 Å². The third-order valence-electron chi connectivity index (χ3n) is 4.27. The number of nitrogens with two attached hydrogens (primary N) is 1. The van der Waals surface area contributed by atoms with Gasteiger partial charge in [-0.25, -0.2) is 4.98 Å². The zero-order chi connectivity index (χ0) is 13.4. The topological polar surface area (TPSA) is 57.4 Å². The molecule has 1 aromatic rings. The Kier molecular flexibility index (Phi) is 3.62. The van der Waals surface area contributed by atoms with Crippen molar-refractivity contribution in [3.8, 4) is 0 Å². The van der Waals surface area contributed by atoms with Crippen molar-refractivity contribution in [2.75, 3.05) is 45.5 Å². The lowest BCUT2D eigenvalue weighted by Gasteiger charge is -2.50. The standard InChI is InChI=1S/C13H20ClN5/c1-16-12(10-6-9(14)7-17-13(10)15)11-8-18-2-4-19(11)5-3-18/h6-7,11-12,16H,2-5,8H2,1H3,(H2,15,17). The normalized spacial score (nSPS) is 31.4. The number of halogens is 1. The molecule has 6 heteroatoms. The number of nitrogens with one attached hydrogen (secondary N) is 1. The Morgan fingerprint density at radius 2 is 2.16 bits per heavy atom. The van der Waals surface area contributed by atoms with E-state index in [0.717, 1.165) is 25.2 Å². The minimum Gasteiger partial charge on any atom is -0.383 e. The van der Waals surface area contributed by atoms with E-state index in [4.69, 9.17) is 17.3 Å². The van der Waals surface area contributed by atoms with Gasteiger partial charge in [-0.2, -0.15) is 0 Å². The van der Waals surface area contributed by atoms with Crippen molar-refractivity contribution in [2.24, 2.45) is 0 Å². The van der Waals surface area contributed by atoms with Crippen LogP contribution in [0, 0.1) is 0 Å². The van der Waals surface area contributed by atoms with Gasteiger partial charge in [-0.1, -0.05) is 11.6 Å². The van der Waals surface area contributed by atoms with Gasteiger partial charge in [-0.3, -0.25) is 9.80 Å². The van der Waals surface area contributed by atoms with Crippen LogP contribution in [0.2, 0.25) is 5.02 Å². The second-order valence-corrected chi connectivity index (χ2v) is 5.73. The van der Waals surface area contributed by atoms with Gasteiger partial charge in [0.15, 0.2) is 0 Å². The summed E-state index contributed by atoms with van der Waals surface area (Å²) in [4.78, 5) is 9.24. The lowest BCUT2D eigenvalue weighted by Crippen LogP contribution is -2.63. The van der Waals surface area contributed by atoms with Crippen LogP contribution >= 0.6 is 11.6 Å². The molecule has 1 aromatic heterocycles. The molecule has 4 rings (SSSR count). The monoisotopic (exact) mass is 281 g/mol. The van der Waals surface area contributed by atoms with Crippen LogP contribution in [-0.4, -0.2) is 60.6 Å². The highest BCUT2D eigenvalue weighted by Gasteiger charge is 2.37. The fraction of sp³-hybridized carbons (Fsp3) is 0.615. The molecule has 0 aromatic carbocycles. The number of hydrogen-bond acceptors (Lipinski definition) is 5. The van der Waals surface area contributed by atoms with Gasteiger partial charge in [0.05, 0.1) is 11.1 Å². The minimum absolute atomic E-state index is 0.175. The van der Waals surface area contributed by atoms with E-state index in [1.54, 1.807) is 6.20 Å². The fourth-order valence-corrected chi connectivity index (χ4v) is 3.41. The maximum atomic E-state index is 6.07. The Morgan fingerprint density at radius 1 is 1.42 bits per heavy atom. The number of nitrogen functional groups attached to an aromatic ring is 1. The van der Waals surface area contributed by atoms with E-state index in [9.17, 15) is 0 Å². The van der Waals surface area contributed by atoms with E-state index >= 15 is 0 Å². The lowest BCUT2D eigenvalue weighted by atomic mass is 9.94. The number of anilines is 1. The van der Waals surface area contributed by atoms with Crippen molar-refractivity contribution in [3.05, 3.63) is 22.8 Å². The highest BCUT2D eigenvalue weighted by Crippen LogP contribution is 2.30. The highest BCUT2D eigenvalue weighted by molar-refractivity contribution is 6.30. The molecule has 0 aliphatic carbocycles. The SMILES string of the molecule is CNC(c1cc(Cl)cnc1N)C1CN2CCN1CC2. The lowest BCUT2D eigenvalue weighted by molar-refractivity contribution is -0.00247. The molecule has 2 atom stereocenters. The summed E-state index contributed by atoms with van der Waals surface area (Å²) < 4.78 is 0. The Labute approximate surface area is 118 Å². The van der Waals surface area contributed by atoms with Crippen LogP contribution in [0.15, 0.2) is 12.3 Å². The molecule has 104 valence electrons. The molecule has 0 radical (unpaired) electrons. The molecular formula is C13H20ClN5. The molecular weight excluding hydrogens is 262 g/mol. The van der Waals surface area contributed by atoms with Crippen LogP contribution in [0.4, 0.5) is 5.82 Å². The molecule has 19 heavy (non-hydrogen) atoms. The van der Waals surface area contributed by atoms with E-state index in [1.807, 2.05) is 13.1 Å². The smallest absolute Gasteiger partial charge is 0.128 e. The summed E-state index contributed by atoms with van der Waals surface area (Å²) in [6, 6.07) is 2.55. The van der Waals surface area contributed by atoms with Gasteiger partial charge in [0, 0.05) is 50.5 Å². The van der Waals surface area contributed by atoms with Crippen LogP contribution in [0.5, 0.6) is 0 Å². The Morgan fingerprint density at radius 3 is 2.74 bits per heavy atom. The largest absolute Gasteiger partial charge is 0.383 e. The van der Waals surface area contributed by atoms with E-state index in [0.29, 0.717) is 16.9 Å². The number of rotatable bonds is 3. The Bertz CT molecular complexity index is 458. The predicted octanol–water partition coefficient (Wildman–Crippen LogP) is 0.577. The minimum atomic E-state index is 0.175. The van der Waals surface area contributed by atoms with Crippen LogP contribution in [-0.2, 0) is 0 Å². The number of likely N-dealkylation sites (N-methyl/N-ethyl adjacent to an activating group) is 1. The molecule has 0 amide bonds. The number of piperazine rings is 3. The first kappa shape index (κ1) is 13.1. The van der Waals surface area contributed by atoms with Crippen LogP contribution < -0.4 is 11.1 Å². The molecule has 0 saturated carbocycles. The zero-order valence-electron chi connectivity index (χ0n) is 11.1. The molecule has 5 nitrogen and oxygen atoms in total. The quantitative estimate of drug-likeness (QED) is 0.849. The van der Waals surface area contributed by atoms with Crippen molar-refractivity contribution >= 4 is 17.4 Å². The predicted molar refractivity (Wildman–Crippen MR) is 77.3 cm³/mol. The fourth-order valence-electron chi connectivity index (χ4n) is 3.24. The first-order chi connectivity index (χ1) is 9.19. The summed E-state index contributed by atoms with van der Waals surface area (Å²) in [5.74, 6) is 0.571. The van der Waals surface area contributed by atoms with Gasteiger partial charge >= 0.3 is 0 Å². The average Bonchev–Trinajstić information content (AvgIpc) is 2.45. The van der Waals surface area contributed by atoms with Crippen molar-refractivity contribution in [2.45, 2.75) is 12.1 Å². The highest BCUT2D eigenvalue weighted by atomic mass is 35.5. The maximum absolute atomic E-state index is 6.07. The Hall–Kier alpha value is -0.880. The third-order valence-corrected chi connectivity index (χ3v) is 4.47. The van der Waals surface area contributed by atoms with Crippen molar-refractivity contribution in [3.63, 3.8) is 0 Å². The number of hydrogen-bond donors (Lipinski definition) is 2. The first-order valence-electron chi connectivity index (χ1n) is 6.73. The van der Waals surface area contributed by atoms with Gasteiger partial charge in [0.1, 0.15) is 5.82 Å². The number of fused-ring (bicyclic) bond motifs is 3. The summed E-state index contributed by atoms with van der Waals surface area (Å²) in [7, 11) is 1.98. The van der Waals surface area contributed by atoms with Gasteiger partial charge in [0.25, 0.3) is 0 Å². The van der Waals surface area contributed by atoms with Gasteiger partial charge in [0.2, 0.25) is 0 Å². The van der Waals surface area contributed by atoms with E-state index in [1.165, 1.54) is 13.1 Å². The van der Waals surface area contributed by atoms with Crippen LogP contribution in [0.1, 0.15) is 11.6 Å². The summed E-state index contributed by atoms with van der Waals surface area (Å²) in [5.41, 5.74) is 7.04. The third kappa shape index (κ3) is 2.43. The molecule has 4 heterocycles. The van der Waals surface area contributed by atoms with Crippen molar-refractivity contribution in [1.29, 1.82) is 0 Å². The summed E-state index contributed by atoms with van der Waals surface area (Å²) >= 11 is 6.07. The molecule has 3 saturated heterocycles. The molecule has 2 unspecified atom stereocenters. The van der Waals surface area contributed by atoms with Gasteiger partial charge in [-0.05, 0) is 13.1 Å².